The number of anilines is 1. The number of aryl methyl sites for hydroxylation is 1. The standard InChI is InChI=1S/C28H26N4/c1-5-22-11-12-26(16-23(22)6-2)27-20(4)28(32-18-31-27)30-17-21-7-9-24(10-8-21)25-13-14-29-19(3)15-25/h5-16,18H,1-2,17H2,3-4H3,(H,30,31,32). The number of aromatic nitrogens is 3. The fourth-order valence-corrected chi connectivity index (χ4v) is 3.73. The number of rotatable bonds is 7. The zero-order valence-corrected chi connectivity index (χ0v) is 18.5. The van der Waals surface area contributed by atoms with Crippen LogP contribution in [0.1, 0.15) is 27.9 Å². The minimum atomic E-state index is 0.681. The SMILES string of the molecule is C=Cc1ccc(-c2ncnc(NCc3ccc(-c4ccnc(C)c4)cc3)c2C)cc1C=C. The van der Waals surface area contributed by atoms with E-state index < -0.39 is 0 Å². The van der Waals surface area contributed by atoms with Crippen molar-refractivity contribution in [3.63, 3.8) is 0 Å². The molecule has 0 unspecified atom stereocenters. The van der Waals surface area contributed by atoms with Crippen molar-refractivity contribution in [2.24, 2.45) is 0 Å². The number of benzene rings is 2. The van der Waals surface area contributed by atoms with E-state index in [1.807, 2.05) is 44.3 Å². The van der Waals surface area contributed by atoms with Gasteiger partial charge in [0.1, 0.15) is 12.1 Å². The van der Waals surface area contributed by atoms with Gasteiger partial charge in [-0.15, -0.1) is 0 Å². The summed E-state index contributed by atoms with van der Waals surface area (Å²) >= 11 is 0. The van der Waals surface area contributed by atoms with Crippen LogP contribution < -0.4 is 5.32 Å². The number of pyridine rings is 1. The zero-order valence-electron chi connectivity index (χ0n) is 18.5. The first-order chi connectivity index (χ1) is 15.6. The molecule has 0 saturated carbocycles. The Kier molecular flexibility index (Phi) is 6.22. The van der Waals surface area contributed by atoms with Crippen LogP contribution in [0.25, 0.3) is 34.5 Å². The van der Waals surface area contributed by atoms with Gasteiger partial charge in [-0.3, -0.25) is 4.98 Å². The van der Waals surface area contributed by atoms with E-state index in [9.17, 15) is 0 Å². The maximum atomic E-state index is 4.53. The van der Waals surface area contributed by atoms with Crippen LogP contribution in [0.5, 0.6) is 0 Å². The summed E-state index contributed by atoms with van der Waals surface area (Å²) in [5, 5.41) is 3.46. The van der Waals surface area contributed by atoms with Crippen LogP contribution in [0.2, 0.25) is 0 Å². The van der Waals surface area contributed by atoms with E-state index in [4.69, 9.17) is 0 Å². The molecule has 32 heavy (non-hydrogen) atoms. The third kappa shape index (κ3) is 4.49. The maximum Gasteiger partial charge on any atom is 0.133 e. The van der Waals surface area contributed by atoms with Crippen molar-refractivity contribution in [1.82, 2.24) is 15.0 Å². The monoisotopic (exact) mass is 418 g/mol. The van der Waals surface area contributed by atoms with Crippen molar-refractivity contribution in [3.8, 4) is 22.4 Å². The quantitative estimate of drug-likeness (QED) is 0.362. The molecule has 0 spiro atoms. The van der Waals surface area contributed by atoms with Gasteiger partial charge >= 0.3 is 0 Å². The van der Waals surface area contributed by atoms with E-state index in [0.29, 0.717) is 6.54 Å². The first-order valence-corrected chi connectivity index (χ1v) is 10.6. The lowest BCUT2D eigenvalue weighted by Gasteiger charge is -2.13. The van der Waals surface area contributed by atoms with Crippen molar-refractivity contribution in [3.05, 3.63) is 108 Å². The molecule has 4 aromatic rings. The van der Waals surface area contributed by atoms with Crippen molar-refractivity contribution in [1.29, 1.82) is 0 Å². The third-order valence-corrected chi connectivity index (χ3v) is 5.53. The van der Waals surface area contributed by atoms with Gasteiger partial charge in [-0.1, -0.05) is 61.7 Å². The maximum absolute atomic E-state index is 4.53. The minimum absolute atomic E-state index is 0.681. The van der Waals surface area contributed by atoms with Crippen LogP contribution in [0, 0.1) is 13.8 Å². The molecule has 0 atom stereocenters. The molecule has 158 valence electrons. The van der Waals surface area contributed by atoms with Gasteiger partial charge in [0.25, 0.3) is 0 Å². The van der Waals surface area contributed by atoms with Gasteiger partial charge in [0.2, 0.25) is 0 Å². The second-order valence-electron chi connectivity index (χ2n) is 7.68. The Morgan fingerprint density at radius 3 is 2.25 bits per heavy atom. The van der Waals surface area contributed by atoms with E-state index in [0.717, 1.165) is 39.5 Å². The summed E-state index contributed by atoms with van der Waals surface area (Å²) in [6, 6.07) is 18.9. The highest BCUT2D eigenvalue weighted by atomic mass is 15.0. The molecule has 2 heterocycles. The van der Waals surface area contributed by atoms with Crippen LogP contribution in [-0.4, -0.2) is 15.0 Å². The summed E-state index contributed by atoms with van der Waals surface area (Å²) < 4.78 is 0. The molecular formula is C28H26N4. The van der Waals surface area contributed by atoms with Gasteiger partial charge in [-0.2, -0.15) is 0 Å². The number of hydrogen-bond donors (Lipinski definition) is 1. The molecule has 2 aromatic carbocycles. The number of hydrogen-bond acceptors (Lipinski definition) is 4. The normalized spacial score (nSPS) is 10.6. The lowest BCUT2D eigenvalue weighted by molar-refractivity contribution is 1.06. The second-order valence-corrected chi connectivity index (χ2v) is 7.68. The highest BCUT2D eigenvalue weighted by Gasteiger charge is 2.10. The topological polar surface area (TPSA) is 50.7 Å². The average Bonchev–Trinajstić information content (AvgIpc) is 2.83. The first-order valence-electron chi connectivity index (χ1n) is 10.6. The molecule has 4 rings (SSSR count). The smallest absolute Gasteiger partial charge is 0.133 e. The van der Waals surface area contributed by atoms with E-state index in [1.54, 1.807) is 6.33 Å². The van der Waals surface area contributed by atoms with Gasteiger partial charge in [-0.25, -0.2) is 9.97 Å². The summed E-state index contributed by atoms with van der Waals surface area (Å²) in [4.78, 5) is 13.3. The van der Waals surface area contributed by atoms with Crippen LogP contribution in [0.15, 0.2) is 80.3 Å². The summed E-state index contributed by atoms with van der Waals surface area (Å²) in [7, 11) is 0. The van der Waals surface area contributed by atoms with Gasteiger partial charge < -0.3 is 5.32 Å². The van der Waals surface area contributed by atoms with E-state index >= 15 is 0 Å². The van der Waals surface area contributed by atoms with E-state index in [2.05, 4.69) is 75.9 Å². The van der Waals surface area contributed by atoms with Gasteiger partial charge in [0.05, 0.1) is 5.69 Å². The summed E-state index contributed by atoms with van der Waals surface area (Å²) in [5.74, 6) is 0.830. The molecule has 0 bridgehead atoms. The third-order valence-electron chi connectivity index (χ3n) is 5.53. The predicted molar refractivity (Wildman–Crippen MR) is 134 cm³/mol. The summed E-state index contributed by atoms with van der Waals surface area (Å²) in [6.07, 6.45) is 7.13. The van der Waals surface area contributed by atoms with E-state index in [-0.39, 0.29) is 0 Å². The highest BCUT2D eigenvalue weighted by Crippen LogP contribution is 2.28. The largest absolute Gasteiger partial charge is 0.366 e. The van der Waals surface area contributed by atoms with Crippen molar-refractivity contribution >= 4 is 18.0 Å². The molecule has 1 N–H and O–H groups in total. The molecule has 0 aliphatic carbocycles. The van der Waals surface area contributed by atoms with Gasteiger partial charge in [0, 0.05) is 29.6 Å². The van der Waals surface area contributed by atoms with Crippen molar-refractivity contribution in [2.45, 2.75) is 20.4 Å². The van der Waals surface area contributed by atoms with E-state index in [1.165, 1.54) is 16.7 Å². The predicted octanol–water partition coefficient (Wildman–Crippen LogP) is 6.72. The average molecular weight is 419 g/mol. The van der Waals surface area contributed by atoms with Crippen LogP contribution in [-0.2, 0) is 6.54 Å². The minimum Gasteiger partial charge on any atom is -0.366 e. The molecular weight excluding hydrogens is 392 g/mol. The molecule has 0 aliphatic rings. The number of nitrogens with one attached hydrogen (secondary N) is 1. The molecule has 0 amide bonds. The van der Waals surface area contributed by atoms with Crippen LogP contribution >= 0.6 is 0 Å². The molecule has 2 aromatic heterocycles. The molecule has 0 fully saturated rings. The van der Waals surface area contributed by atoms with Crippen molar-refractivity contribution < 1.29 is 0 Å². The Bertz CT molecular complexity index is 1270. The fraction of sp³-hybridized carbons (Fsp3) is 0.107. The fourth-order valence-electron chi connectivity index (χ4n) is 3.73. The Morgan fingerprint density at radius 1 is 0.781 bits per heavy atom. The second kappa shape index (κ2) is 9.40. The lowest BCUT2D eigenvalue weighted by atomic mass is 10.00. The van der Waals surface area contributed by atoms with Crippen LogP contribution in [0.4, 0.5) is 5.82 Å². The number of nitrogens with zero attached hydrogens (tertiary/aromatic N) is 3. The molecule has 0 saturated heterocycles. The van der Waals surface area contributed by atoms with Crippen molar-refractivity contribution in [2.75, 3.05) is 5.32 Å². The molecule has 4 heteroatoms. The zero-order chi connectivity index (χ0) is 22.5. The summed E-state index contributed by atoms with van der Waals surface area (Å²) in [6.45, 7) is 12.5. The Morgan fingerprint density at radius 2 is 1.53 bits per heavy atom. The highest BCUT2D eigenvalue weighted by molar-refractivity contribution is 5.74. The van der Waals surface area contributed by atoms with Gasteiger partial charge in [0.15, 0.2) is 0 Å². The lowest BCUT2D eigenvalue weighted by Crippen LogP contribution is -2.05. The first kappa shape index (κ1) is 21.2. The van der Waals surface area contributed by atoms with Gasteiger partial charge in [-0.05, 0) is 59.9 Å². The Balaban J connectivity index is 1.52. The molecule has 4 nitrogen and oxygen atoms in total. The Labute approximate surface area is 189 Å². The molecule has 0 radical (unpaired) electrons. The summed E-state index contributed by atoms with van der Waals surface area (Å²) in [5.41, 5.74) is 9.60. The molecule has 0 aliphatic heterocycles. The Hall–Kier alpha value is -4.05. The van der Waals surface area contributed by atoms with Crippen LogP contribution in [0.3, 0.4) is 0 Å².